The Morgan fingerprint density at radius 1 is 1.39 bits per heavy atom. The maximum absolute atomic E-state index is 11.8. The quantitative estimate of drug-likeness (QED) is 0.765. The van der Waals surface area contributed by atoms with Crippen LogP contribution >= 0.6 is 11.6 Å². The van der Waals surface area contributed by atoms with Gasteiger partial charge in [0.15, 0.2) is 0 Å². The molecule has 5 nitrogen and oxygen atoms in total. The van der Waals surface area contributed by atoms with Crippen LogP contribution in [0.4, 0.5) is 10.5 Å². The number of amides is 1. The number of anilines is 1. The molecule has 0 spiro atoms. The SMILES string of the molecule is CC(C)(C)OC(=O)Nc1ccc(C2(N)CCC(O)CC2)cc1Cl. The summed E-state index contributed by atoms with van der Waals surface area (Å²) in [6.07, 6.45) is 1.98. The number of carbonyl (C=O) groups is 1. The fourth-order valence-corrected chi connectivity index (χ4v) is 2.97. The molecule has 0 radical (unpaired) electrons. The van der Waals surface area contributed by atoms with Gasteiger partial charge in [0.2, 0.25) is 0 Å². The van der Waals surface area contributed by atoms with Crippen LogP contribution in [0.1, 0.15) is 52.0 Å². The molecule has 4 N–H and O–H groups in total. The Labute approximate surface area is 142 Å². The molecule has 0 heterocycles. The molecule has 1 aliphatic carbocycles. The number of nitrogens with one attached hydrogen (secondary N) is 1. The van der Waals surface area contributed by atoms with Crippen molar-refractivity contribution in [3.05, 3.63) is 28.8 Å². The number of aliphatic hydroxyl groups is 1. The first-order chi connectivity index (χ1) is 10.6. The van der Waals surface area contributed by atoms with Crippen molar-refractivity contribution in [1.29, 1.82) is 0 Å². The summed E-state index contributed by atoms with van der Waals surface area (Å²) in [5.74, 6) is 0. The number of hydrogen-bond acceptors (Lipinski definition) is 4. The van der Waals surface area contributed by atoms with E-state index in [0.29, 0.717) is 36.4 Å². The van der Waals surface area contributed by atoms with E-state index in [-0.39, 0.29) is 6.10 Å². The van der Waals surface area contributed by atoms with Crippen molar-refractivity contribution >= 4 is 23.4 Å². The summed E-state index contributed by atoms with van der Waals surface area (Å²) in [6, 6.07) is 5.39. The monoisotopic (exact) mass is 340 g/mol. The van der Waals surface area contributed by atoms with E-state index in [1.165, 1.54) is 0 Å². The molecule has 1 amide bonds. The van der Waals surface area contributed by atoms with Gasteiger partial charge in [0.25, 0.3) is 0 Å². The van der Waals surface area contributed by atoms with E-state index in [4.69, 9.17) is 22.1 Å². The molecule has 0 atom stereocenters. The van der Waals surface area contributed by atoms with Crippen LogP contribution in [0.5, 0.6) is 0 Å². The highest BCUT2D eigenvalue weighted by Crippen LogP contribution is 2.37. The average molecular weight is 341 g/mol. The first kappa shape index (κ1) is 18.0. The predicted molar refractivity (Wildman–Crippen MR) is 91.6 cm³/mol. The number of carbonyl (C=O) groups excluding carboxylic acids is 1. The molecule has 0 saturated heterocycles. The summed E-state index contributed by atoms with van der Waals surface area (Å²) in [5.41, 5.74) is 6.83. The average Bonchev–Trinajstić information content (AvgIpc) is 2.42. The minimum absolute atomic E-state index is 0.268. The molecule has 2 rings (SSSR count). The second-order valence-corrected chi connectivity index (χ2v) is 7.62. The first-order valence-electron chi connectivity index (χ1n) is 7.86. The van der Waals surface area contributed by atoms with Crippen LogP contribution < -0.4 is 11.1 Å². The van der Waals surface area contributed by atoms with Crippen molar-refractivity contribution < 1.29 is 14.6 Å². The van der Waals surface area contributed by atoms with Gasteiger partial charge in [-0.1, -0.05) is 17.7 Å². The van der Waals surface area contributed by atoms with E-state index in [2.05, 4.69) is 5.32 Å². The predicted octanol–water partition coefficient (Wildman–Crippen LogP) is 3.78. The molecule has 6 heteroatoms. The van der Waals surface area contributed by atoms with E-state index in [1.807, 2.05) is 6.07 Å². The van der Waals surface area contributed by atoms with E-state index < -0.39 is 17.2 Å². The molecule has 0 aliphatic heterocycles. The largest absolute Gasteiger partial charge is 0.444 e. The maximum atomic E-state index is 11.8. The number of rotatable bonds is 2. The smallest absolute Gasteiger partial charge is 0.412 e. The van der Waals surface area contributed by atoms with Crippen molar-refractivity contribution in [1.82, 2.24) is 0 Å². The highest BCUT2D eigenvalue weighted by molar-refractivity contribution is 6.33. The number of hydrogen-bond donors (Lipinski definition) is 3. The van der Waals surface area contributed by atoms with Crippen molar-refractivity contribution in [2.75, 3.05) is 5.32 Å². The number of ether oxygens (including phenoxy) is 1. The topological polar surface area (TPSA) is 84.6 Å². The maximum Gasteiger partial charge on any atom is 0.412 e. The molecular weight excluding hydrogens is 316 g/mol. The summed E-state index contributed by atoms with van der Waals surface area (Å²) in [5, 5.41) is 12.7. The number of benzene rings is 1. The third-order valence-electron chi connectivity index (χ3n) is 4.03. The zero-order valence-electron chi connectivity index (χ0n) is 13.9. The molecule has 1 fully saturated rings. The minimum atomic E-state index is -0.569. The molecule has 1 saturated carbocycles. The van der Waals surface area contributed by atoms with Crippen molar-refractivity contribution in [2.24, 2.45) is 5.73 Å². The zero-order valence-corrected chi connectivity index (χ0v) is 14.6. The first-order valence-corrected chi connectivity index (χ1v) is 8.24. The third-order valence-corrected chi connectivity index (χ3v) is 4.34. The van der Waals surface area contributed by atoms with Gasteiger partial charge in [0, 0.05) is 5.54 Å². The van der Waals surface area contributed by atoms with Crippen LogP contribution in [0.3, 0.4) is 0 Å². The molecule has 1 aromatic rings. The van der Waals surface area contributed by atoms with Gasteiger partial charge in [0.05, 0.1) is 16.8 Å². The Hall–Kier alpha value is -1.30. The van der Waals surface area contributed by atoms with Gasteiger partial charge in [-0.15, -0.1) is 0 Å². The molecule has 0 bridgehead atoms. The van der Waals surface area contributed by atoms with Gasteiger partial charge < -0.3 is 15.6 Å². The van der Waals surface area contributed by atoms with Gasteiger partial charge in [-0.25, -0.2) is 4.79 Å². The fourth-order valence-electron chi connectivity index (χ4n) is 2.75. The lowest BCUT2D eigenvalue weighted by Gasteiger charge is -2.36. The molecule has 23 heavy (non-hydrogen) atoms. The summed E-state index contributed by atoms with van der Waals surface area (Å²) < 4.78 is 5.21. The highest BCUT2D eigenvalue weighted by atomic mass is 35.5. The molecular formula is C17H25ClN2O3. The second-order valence-electron chi connectivity index (χ2n) is 7.21. The fraction of sp³-hybridized carbons (Fsp3) is 0.588. The molecule has 0 unspecified atom stereocenters. The molecule has 1 aliphatic rings. The van der Waals surface area contributed by atoms with Crippen LogP contribution in [0.2, 0.25) is 5.02 Å². The van der Waals surface area contributed by atoms with Gasteiger partial charge in [-0.2, -0.15) is 0 Å². The van der Waals surface area contributed by atoms with Crippen molar-refractivity contribution in [3.8, 4) is 0 Å². The van der Waals surface area contributed by atoms with Crippen LogP contribution in [-0.2, 0) is 10.3 Å². The van der Waals surface area contributed by atoms with Crippen molar-refractivity contribution in [2.45, 2.75) is 63.7 Å². The van der Waals surface area contributed by atoms with Crippen LogP contribution in [0, 0.1) is 0 Å². The van der Waals surface area contributed by atoms with Gasteiger partial charge in [-0.05, 0) is 64.2 Å². The standard InChI is InChI=1S/C17H25ClN2O3/c1-16(2,3)23-15(22)20-14-5-4-11(10-13(14)18)17(19)8-6-12(21)7-9-17/h4-5,10,12,21H,6-9,19H2,1-3H3,(H,20,22). The Bertz CT molecular complexity index is 576. The summed E-state index contributed by atoms with van der Waals surface area (Å²) in [4.78, 5) is 11.8. The van der Waals surface area contributed by atoms with Crippen molar-refractivity contribution in [3.63, 3.8) is 0 Å². The summed E-state index contributed by atoms with van der Waals surface area (Å²) in [7, 11) is 0. The Balaban J connectivity index is 2.10. The van der Waals surface area contributed by atoms with E-state index in [9.17, 15) is 9.90 Å². The summed E-state index contributed by atoms with van der Waals surface area (Å²) in [6.45, 7) is 5.40. The Morgan fingerprint density at radius 2 is 2.00 bits per heavy atom. The van der Waals surface area contributed by atoms with Crippen LogP contribution in [0.15, 0.2) is 18.2 Å². The Kier molecular flexibility index (Phi) is 5.23. The van der Waals surface area contributed by atoms with Crippen LogP contribution in [0.25, 0.3) is 0 Å². The number of halogens is 1. The molecule has 0 aromatic heterocycles. The van der Waals surface area contributed by atoms with E-state index in [0.717, 1.165) is 5.56 Å². The lowest BCUT2D eigenvalue weighted by atomic mass is 9.76. The minimum Gasteiger partial charge on any atom is -0.444 e. The lowest BCUT2D eigenvalue weighted by molar-refractivity contribution is 0.0636. The normalized spacial score (nSPS) is 25.0. The third kappa shape index (κ3) is 4.83. The van der Waals surface area contributed by atoms with Gasteiger partial charge in [-0.3, -0.25) is 5.32 Å². The van der Waals surface area contributed by atoms with Gasteiger partial charge in [0.1, 0.15) is 5.60 Å². The lowest BCUT2D eigenvalue weighted by Crippen LogP contribution is -2.41. The Morgan fingerprint density at radius 3 is 2.52 bits per heavy atom. The zero-order chi connectivity index (χ0) is 17.3. The highest BCUT2D eigenvalue weighted by Gasteiger charge is 2.33. The van der Waals surface area contributed by atoms with E-state index in [1.54, 1.807) is 32.9 Å². The molecule has 1 aromatic carbocycles. The molecule has 128 valence electrons. The van der Waals surface area contributed by atoms with Gasteiger partial charge >= 0.3 is 6.09 Å². The van der Waals surface area contributed by atoms with E-state index >= 15 is 0 Å². The second kappa shape index (κ2) is 6.67. The summed E-state index contributed by atoms with van der Waals surface area (Å²) >= 11 is 6.28. The van der Waals surface area contributed by atoms with Crippen LogP contribution in [-0.4, -0.2) is 22.9 Å². The number of nitrogens with two attached hydrogens (primary N) is 1. The number of aliphatic hydroxyl groups excluding tert-OH is 1.